The summed E-state index contributed by atoms with van der Waals surface area (Å²) in [4.78, 5) is 1.87. The van der Waals surface area contributed by atoms with Gasteiger partial charge in [0.25, 0.3) is 0 Å². The summed E-state index contributed by atoms with van der Waals surface area (Å²) in [7, 11) is -3.51. The van der Waals surface area contributed by atoms with E-state index in [0.29, 0.717) is 4.90 Å². The largest absolute Gasteiger partial charge is 0.327 e. The van der Waals surface area contributed by atoms with Gasteiger partial charge in [-0.15, -0.1) is 0 Å². The second-order valence-electron chi connectivity index (χ2n) is 7.76. The van der Waals surface area contributed by atoms with Crippen molar-refractivity contribution in [2.24, 2.45) is 5.92 Å². The van der Waals surface area contributed by atoms with Gasteiger partial charge >= 0.3 is 0 Å². The van der Waals surface area contributed by atoms with Crippen LogP contribution in [0.1, 0.15) is 36.9 Å². The second kappa shape index (κ2) is 7.14. The Balaban J connectivity index is 1.62. The van der Waals surface area contributed by atoms with E-state index < -0.39 is 10.0 Å². The highest BCUT2D eigenvalue weighted by molar-refractivity contribution is 7.89. The number of quaternary nitrogens is 1. The summed E-state index contributed by atoms with van der Waals surface area (Å²) in [6, 6.07) is 17.3. The van der Waals surface area contributed by atoms with Crippen LogP contribution in [0.4, 0.5) is 0 Å². The van der Waals surface area contributed by atoms with Gasteiger partial charge in [-0.05, 0) is 42.9 Å². The molecule has 138 valence electrons. The molecule has 0 bridgehead atoms. The predicted molar refractivity (Wildman–Crippen MR) is 103 cm³/mol. The van der Waals surface area contributed by atoms with Crippen LogP contribution in [0.15, 0.2) is 59.5 Å². The number of nitrogens with one attached hydrogen (secondary N) is 2. The van der Waals surface area contributed by atoms with Gasteiger partial charge in [0.2, 0.25) is 10.0 Å². The molecule has 4 nitrogen and oxygen atoms in total. The van der Waals surface area contributed by atoms with Gasteiger partial charge in [0.05, 0.1) is 24.0 Å². The molecule has 1 saturated heterocycles. The highest BCUT2D eigenvalue weighted by atomic mass is 32.2. The molecule has 0 aromatic heterocycles. The van der Waals surface area contributed by atoms with Gasteiger partial charge in [0.1, 0.15) is 6.04 Å². The third-order valence-corrected chi connectivity index (χ3v) is 7.45. The maximum Gasteiger partial charge on any atom is 0.241 e. The van der Waals surface area contributed by atoms with Crippen LogP contribution in [0.2, 0.25) is 0 Å². The molecule has 2 aliphatic rings. The zero-order valence-corrected chi connectivity index (χ0v) is 16.0. The lowest BCUT2D eigenvalue weighted by Gasteiger charge is -2.35. The minimum Gasteiger partial charge on any atom is -0.327 e. The highest BCUT2D eigenvalue weighted by Crippen LogP contribution is 2.31. The van der Waals surface area contributed by atoms with Gasteiger partial charge in [-0.3, -0.25) is 0 Å². The molecule has 4 rings (SSSR count). The highest BCUT2D eigenvalue weighted by Gasteiger charge is 2.42. The fourth-order valence-electron chi connectivity index (χ4n) is 4.52. The molecular formula is C21H27N2O2S+. The number of hydrogen-bond donors (Lipinski definition) is 2. The van der Waals surface area contributed by atoms with Crippen LogP contribution in [0.25, 0.3) is 0 Å². The first-order valence-electron chi connectivity index (χ1n) is 9.54. The molecular weight excluding hydrogens is 344 g/mol. The molecule has 26 heavy (non-hydrogen) atoms. The Kier molecular flexibility index (Phi) is 4.86. The van der Waals surface area contributed by atoms with Crippen molar-refractivity contribution < 1.29 is 13.3 Å². The smallest absolute Gasteiger partial charge is 0.241 e. The van der Waals surface area contributed by atoms with Crippen molar-refractivity contribution in [1.82, 2.24) is 4.72 Å². The molecule has 1 aliphatic heterocycles. The topological polar surface area (TPSA) is 50.6 Å². The van der Waals surface area contributed by atoms with Crippen molar-refractivity contribution in [1.29, 1.82) is 0 Å². The van der Waals surface area contributed by atoms with Gasteiger partial charge in [-0.25, -0.2) is 13.1 Å². The monoisotopic (exact) mass is 371 g/mol. The van der Waals surface area contributed by atoms with E-state index in [2.05, 4.69) is 35.9 Å². The van der Waals surface area contributed by atoms with E-state index in [1.54, 1.807) is 24.3 Å². The minimum absolute atomic E-state index is 0.0824. The average molecular weight is 372 g/mol. The van der Waals surface area contributed by atoms with Crippen molar-refractivity contribution in [2.75, 3.05) is 13.1 Å². The molecule has 2 N–H and O–H groups in total. The van der Waals surface area contributed by atoms with Gasteiger partial charge in [0.15, 0.2) is 0 Å². The van der Waals surface area contributed by atoms with E-state index in [0.717, 1.165) is 25.4 Å². The normalized spacial score (nSPS) is 28.7. The van der Waals surface area contributed by atoms with Crippen LogP contribution in [-0.2, 0) is 16.4 Å². The molecule has 2 aromatic carbocycles. The molecule has 1 aliphatic carbocycles. The second-order valence-corrected chi connectivity index (χ2v) is 9.48. The van der Waals surface area contributed by atoms with Crippen molar-refractivity contribution in [3.8, 4) is 0 Å². The maximum absolute atomic E-state index is 12.9. The zero-order chi connectivity index (χ0) is 18.1. The number of hydrogen-bond acceptors (Lipinski definition) is 2. The third kappa shape index (κ3) is 3.43. The summed E-state index contributed by atoms with van der Waals surface area (Å²) in [5, 5.41) is 0. The molecule has 0 radical (unpaired) electrons. The molecule has 0 unspecified atom stereocenters. The molecule has 0 amide bonds. The lowest BCUT2D eigenvalue weighted by atomic mass is 9.95. The number of piperidine rings is 1. The Hall–Kier alpha value is -1.69. The zero-order valence-electron chi connectivity index (χ0n) is 15.2. The van der Waals surface area contributed by atoms with E-state index >= 15 is 0 Å². The van der Waals surface area contributed by atoms with Gasteiger partial charge in [-0.2, -0.15) is 0 Å². The lowest BCUT2D eigenvalue weighted by molar-refractivity contribution is -0.938. The van der Waals surface area contributed by atoms with E-state index in [-0.39, 0.29) is 12.1 Å². The van der Waals surface area contributed by atoms with Crippen molar-refractivity contribution in [3.05, 3.63) is 65.7 Å². The Morgan fingerprint density at radius 1 is 0.962 bits per heavy atom. The van der Waals surface area contributed by atoms with Crippen LogP contribution in [0, 0.1) is 5.92 Å². The number of benzene rings is 2. The molecule has 1 fully saturated rings. The number of sulfonamides is 1. The summed E-state index contributed by atoms with van der Waals surface area (Å²) in [6.07, 6.45) is 3.20. The van der Waals surface area contributed by atoms with Crippen molar-refractivity contribution in [3.63, 3.8) is 0 Å². The molecule has 2 aromatic rings. The Bertz CT molecular complexity index is 859. The van der Waals surface area contributed by atoms with E-state index in [4.69, 9.17) is 0 Å². The molecule has 0 spiro atoms. The predicted octanol–water partition coefficient (Wildman–Crippen LogP) is 1.95. The fourth-order valence-corrected chi connectivity index (χ4v) is 5.79. The van der Waals surface area contributed by atoms with Crippen LogP contribution < -0.4 is 9.62 Å². The van der Waals surface area contributed by atoms with Crippen LogP contribution in [-0.4, -0.2) is 27.5 Å². The number of likely N-dealkylation sites (tertiary alicyclic amines) is 1. The SMILES string of the molecule is CC1CC[NH+]([C@H]2c3ccccc3C[C@@H]2NS(=O)(=O)c2ccccc2)CC1. The summed E-state index contributed by atoms with van der Waals surface area (Å²) in [6.45, 7) is 4.54. The summed E-state index contributed by atoms with van der Waals surface area (Å²) >= 11 is 0. The quantitative estimate of drug-likeness (QED) is 0.863. The standard InChI is InChI=1S/C21H26N2O2S/c1-16-11-13-23(14-12-16)21-19-10-6-5-7-17(19)15-20(21)22-26(24,25)18-8-3-2-4-9-18/h2-10,16,20-22H,11-15H2,1H3/p+1/t20-,21-/m0/s1. The number of fused-ring (bicyclic) bond motifs is 1. The van der Waals surface area contributed by atoms with E-state index in [9.17, 15) is 8.42 Å². The van der Waals surface area contributed by atoms with Crippen LogP contribution in [0.5, 0.6) is 0 Å². The molecule has 2 atom stereocenters. The third-order valence-electron chi connectivity index (χ3n) is 5.95. The summed E-state index contributed by atoms with van der Waals surface area (Å²) in [5.41, 5.74) is 2.60. The fraction of sp³-hybridized carbons (Fsp3) is 0.429. The van der Waals surface area contributed by atoms with Gasteiger partial charge < -0.3 is 4.90 Å². The first-order valence-corrected chi connectivity index (χ1v) is 11.0. The first kappa shape index (κ1) is 17.7. The van der Waals surface area contributed by atoms with Crippen molar-refractivity contribution in [2.45, 2.75) is 43.2 Å². The Labute approximate surface area is 156 Å². The molecule has 5 heteroatoms. The molecule has 0 saturated carbocycles. The van der Waals surface area contributed by atoms with Crippen molar-refractivity contribution >= 4 is 10.0 Å². The molecule has 1 heterocycles. The van der Waals surface area contributed by atoms with Gasteiger partial charge in [0, 0.05) is 5.56 Å². The Morgan fingerprint density at radius 3 is 2.35 bits per heavy atom. The summed E-state index contributed by atoms with van der Waals surface area (Å²) in [5.74, 6) is 0.773. The Morgan fingerprint density at radius 2 is 1.62 bits per heavy atom. The number of rotatable bonds is 4. The maximum atomic E-state index is 12.9. The van der Waals surface area contributed by atoms with E-state index in [1.165, 1.54) is 28.9 Å². The van der Waals surface area contributed by atoms with E-state index in [1.807, 2.05) is 6.07 Å². The first-order chi connectivity index (χ1) is 12.5. The minimum atomic E-state index is -3.51. The summed E-state index contributed by atoms with van der Waals surface area (Å²) < 4.78 is 28.8. The lowest BCUT2D eigenvalue weighted by Crippen LogP contribution is -3.14. The average Bonchev–Trinajstić information content (AvgIpc) is 3.00. The van der Waals surface area contributed by atoms with Crippen LogP contribution in [0.3, 0.4) is 0 Å². The van der Waals surface area contributed by atoms with Crippen LogP contribution >= 0.6 is 0 Å². The van der Waals surface area contributed by atoms with Gasteiger partial charge in [-0.1, -0.05) is 49.4 Å².